The topological polar surface area (TPSA) is 49.8 Å². The van der Waals surface area contributed by atoms with Crippen LogP contribution in [0.15, 0.2) is 22.7 Å². The minimum atomic E-state index is -0.283. The zero-order valence-corrected chi connectivity index (χ0v) is 13.5. The van der Waals surface area contributed by atoms with E-state index in [2.05, 4.69) is 36.5 Å². The van der Waals surface area contributed by atoms with Crippen LogP contribution in [0.2, 0.25) is 0 Å². The summed E-state index contributed by atoms with van der Waals surface area (Å²) in [5.41, 5.74) is 1.73. The first-order valence-electron chi connectivity index (χ1n) is 6.87. The second kappa shape index (κ2) is 5.60. The number of hydrogen-bond acceptors (Lipinski definition) is 4. The van der Waals surface area contributed by atoms with E-state index in [-0.39, 0.29) is 5.82 Å². The van der Waals surface area contributed by atoms with Gasteiger partial charge in [0, 0.05) is 24.2 Å². The van der Waals surface area contributed by atoms with Gasteiger partial charge in [0.05, 0.1) is 4.47 Å². The average Bonchev–Trinajstić information content (AvgIpc) is 3.29. The number of nitrogens with one attached hydrogen (secondary N) is 2. The molecular weight excluding hydrogens is 335 g/mol. The molecule has 1 aliphatic carbocycles. The fraction of sp³-hybridized carbons (Fsp3) is 0.333. The normalized spacial score (nSPS) is 14.1. The standard InChI is InChI=1S/C15H16BrFN4/c1-8-13(18-2)20-15(9-3-4-9)21-14(8)19-10-5-6-12(17)11(16)7-10/h5-7,9H,3-4H2,1-2H3,(H2,18,19,20,21). The highest BCUT2D eigenvalue weighted by atomic mass is 79.9. The molecule has 0 radical (unpaired) electrons. The molecule has 1 heterocycles. The highest BCUT2D eigenvalue weighted by Crippen LogP contribution is 2.39. The minimum Gasteiger partial charge on any atom is -0.373 e. The van der Waals surface area contributed by atoms with Gasteiger partial charge < -0.3 is 10.6 Å². The minimum absolute atomic E-state index is 0.283. The molecule has 0 atom stereocenters. The lowest BCUT2D eigenvalue weighted by Gasteiger charge is -2.14. The molecule has 1 fully saturated rings. The van der Waals surface area contributed by atoms with Crippen LogP contribution in [0.5, 0.6) is 0 Å². The van der Waals surface area contributed by atoms with Crippen molar-refractivity contribution < 1.29 is 4.39 Å². The van der Waals surface area contributed by atoms with Crippen LogP contribution >= 0.6 is 15.9 Å². The summed E-state index contributed by atoms with van der Waals surface area (Å²) in [7, 11) is 1.85. The molecule has 3 rings (SSSR count). The Balaban J connectivity index is 1.96. The number of rotatable bonds is 4. The van der Waals surface area contributed by atoms with E-state index in [1.54, 1.807) is 12.1 Å². The van der Waals surface area contributed by atoms with E-state index in [1.807, 2.05) is 14.0 Å². The first-order chi connectivity index (χ1) is 10.1. The largest absolute Gasteiger partial charge is 0.373 e. The Kier molecular flexibility index (Phi) is 3.80. The third-order valence-electron chi connectivity index (χ3n) is 3.52. The van der Waals surface area contributed by atoms with Crippen LogP contribution in [-0.2, 0) is 0 Å². The highest BCUT2D eigenvalue weighted by Gasteiger charge is 2.28. The molecule has 110 valence electrons. The van der Waals surface area contributed by atoms with Crippen LogP contribution in [0.25, 0.3) is 0 Å². The SMILES string of the molecule is CNc1nc(C2CC2)nc(Nc2ccc(F)c(Br)c2)c1C. The van der Waals surface area contributed by atoms with Gasteiger partial charge in [0.1, 0.15) is 23.3 Å². The molecule has 2 N–H and O–H groups in total. The van der Waals surface area contributed by atoms with Gasteiger partial charge >= 0.3 is 0 Å². The van der Waals surface area contributed by atoms with E-state index in [0.29, 0.717) is 10.4 Å². The Labute approximate surface area is 131 Å². The lowest BCUT2D eigenvalue weighted by atomic mass is 10.2. The molecule has 21 heavy (non-hydrogen) atoms. The summed E-state index contributed by atoms with van der Waals surface area (Å²) in [4.78, 5) is 9.17. The summed E-state index contributed by atoms with van der Waals surface area (Å²) in [5, 5.41) is 6.35. The van der Waals surface area contributed by atoms with Gasteiger partial charge in [-0.25, -0.2) is 14.4 Å². The Morgan fingerprint density at radius 3 is 2.57 bits per heavy atom. The molecule has 0 spiro atoms. The smallest absolute Gasteiger partial charge is 0.139 e. The molecule has 0 unspecified atom stereocenters. The summed E-state index contributed by atoms with van der Waals surface area (Å²) in [5.74, 6) is 2.65. The van der Waals surface area contributed by atoms with E-state index in [4.69, 9.17) is 0 Å². The molecule has 1 aromatic carbocycles. The number of benzene rings is 1. The van der Waals surface area contributed by atoms with Crippen LogP contribution in [-0.4, -0.2) is 17.0 Å². The van der Waals surface area contributed by atoms with E-state index < -0.39 is 0 Å². The van der Waals surface area contributed by atoms with Crippen molar-refractivity contribution in [2.75, 3.05) is 17.7 Å². The zero-order valence-electron chi connectivity index (χ0n) is 11.9. The van der Waals surface area contributed by atoms with Crippen LogP contribution in [0, 0.1) is 12.7 Å². The third kappa shape index (κ3) is 3.00. The van der Waals surface area contributed by atoms with Crippen molar-refractivity contribution in [2.45, 2.75) is 25.7 Å². The van der Waals surface area contributed by atoms with E-state index in [1.165, 1.54) is 6.07 Å². The second-order valence-electron chi connectivity index (χ2n) is 5.18. The first kappa shape index (κ1) is 14.3. The predicted molar refractivity (Wildman–Crippen MR) is 85.7 cm³/mol. The van der Waals surface area contributed by atoms with Crippen LogP contribution in [0.1, 0.15) is 30.1 Å². The molecule has 1 aromatic heterocycles. The lowest BCUT2D eigenvalue weighted by Crippen LogP contribution is -2.06. The molecular formula is C15H16BrFN4. The summed E-state index contributed by atoms with van der Waals surface area (Å²) in [6.07, 6.45) is 2.29. The predicted octanol–water partition coefficient (Wildman–Crippen LogP) is 4.35. The number of nitrogens with zero attached hydrogens (tertiary/aromatic N) is 2. The van der Waals surface area contributed by atoms with Gasteiger partial charge in [-0.1, -0.05) is 0 Å². The molecule has 0 aliphatic heterocycles. The van der Waals surface area contributed by atoms with E-state index in [0.717, 1.165) is 41.6 Å². The summed E-state index contributed by atoms with van der Waals surface area (Å²) < 4.78 is 13.7. The molecule has 1 aliphatic rings. The Hall–Kier alpha value is -1.69. The van der Waals surface area contributed by atoms with Crippen molar-refractivity contribution in [3.63, 3.8) is 0 Å². The van der Waals surface area contributed by atoms with Crippen molar-refractivity contribution in [2.24, 2.45) is 0 Å². The van der Waals surface area contributed by atoms with Crippen LogP contribution in [0.4, 0.5) is 21.7 Å². The Morgan fingerprint density at radius 2 is 1.95 bits per heavy atom. The zero-order chi connectivity index (χ0) is 15.0. The quantitative estimate of drug-likeness (QED) is 0.860. The number of anilines is 3. The van der Waals surface area contributed by atoms with E-state index in [9.17, 15) is 4.39 Å². The van der Waals surface area contributed by atoms with Gasteiger partial charge in [0.25, 0.3) is 0 Å². The molecule has 4 nitrogen and oxygen atoms in total. The van der Waals surface area contributed by atoms with Gasteiger partial charge in [-0.2, -0.15) is 0 Å². The number of halogens is 2. The van der Waals surface area contributed by atoms with Crippen molar-refractivity contribution in [3.8, 4) is 0 Å². The average molecular weight is 351 g/mol. The van der Waals surface area contributed by atoms with Crippen molar-refractivity contribution in [3.05, 3.63) is 39.9 Å². The van der Waals surface area contributed by atoms with Crippen molar-refractivity contribution in [1.29, 1.82) is 0 Å². The highest BCUT2D eigenvalue weighted by molar-refractivity contribution is 9.10. The van der Waals surface area contributed by atoms with Crippen molar-refractivity contribution >= 4 is 33.3 Å². The van der Waals surface area contributed by atoms with Gasteiger partial charge in [-0.05, 0) is 53.9 Å². The van der Waals surface area contributed by atoms with E-state index >= 15 is 0 Å². The molecule has 6 heteroatoms. The number of hydrogen-bond donors (Lipinski definition) is 2. The van der Waals surface area contributed by atoms with Crippen LogP contribution < -0.4 is 10.6 Å². The van der Waals surface area contributed by atoms with Gasteiger partial charge in [0.2, 0.25) is 0 Å². The fourth-order valence-corrected chi connectivity index (χ4v) is 2.51. The lowest BCUT2D eigenvalue weighted by molar-refractivity contribution is 0.621. The fourth-order valence-electron chi connectivity index (χ4n) is 2.13. The molecule has 0 saturated heterocycles. The monoisotopic (exact) mass is 350 g/mol. The summed E-state index contributed by atoms with van der Waals surface area (Å²) in [6.45, 7) is 1.96. The Bertz CT molecular complexity index is 686. The number of aromatic nitrogens is 2. The molecule has 1 saturated carbocycles. The van der Waals surface area contributed by atoms with Crippen LogP contribution in [0.3, 0.4) is 0 Å². The Morgan fingerprint density at radius 1 is 1.24 bits per heavy atom. The van der Waals surface area contributed by atoms with Crippen molar-refractivity contribution in [1.82, 2.24) is 9.97 Å². The molecule has 0 amide bonds. The first-order valence-corrected chi connectivity index (χ1v) is 7.66. The third-order valence-corrected chi connectivity index (χ3v) is 4.13. The second-order valence-corrected chi connectivity index (χ2v) is 6.04. The summed E-state index contributed by atoms with van der Waals surface area (Å²) in [6, 6.07) is 4.81. The van der Waals surface area contributed by atoms with Gasteiger partial charge in [0.15, 0.2) is 0 Å². The maximum absolute atomic E-state index is 13.3. The maximum atomic E-state index is 13.3. The summed E-state index contributed by atoms with van der Waals surface area (Å²) >= 11 is 3.19. The van der Waals surface area contributed by atoms with Gasteiger partial charge in [-0.3, -0.25) is 0 Å². The maximum Gasteiger partial charge on any atom is 0.139 e. The molecule has 2 aromatic rings. The van der Waals surface area contributed by atoms with Gasteiger partial charge in [-0.15, -0.1) is 0 Å². The molecule has 0 bridgehead atoms.